The molecule has 0 aliphatic carbocycles. The Morgan fingerprint density at radius 3 is 2.69 bits per heavy atom. The van der Waals surface area contributed by atoms with E-state index in [0.29, 0.717) is 0 Å². The first-order valence-electron chi connectivity index (χ1n) is 4.06. The molecule has 0 bridgehead atoms. The van der Waals surface area contributed by atoms with Gasteiger partial charge in [-0.25, -0.2) is 17.5 Å². The van der Waals surface area contributed by atoms with Crippen LogP contribution < -0.4 is 10.5 Å². The summed E-state index contributed by atoms with van der Waals surface area (Å²) in [5, 5.41) is -0.318. The minimum Gasteiger partial charge on any atom is -0.369 e. The number of carbonyl (C=O) groups is 1. The average Bonchev–Trinajstić information content (AvgIpc) is 2.19. The van der Waals surface area contributed by atoms with Gasteiger partial charge >= 0.3 is 0 Å². The lowest BCUT2D eigenvalue weighted by atomic mass is 10.3. The molecule has 0 aliphatic heterocycles. The molecule has 8 heteroatoms. The molecular formula is C8H8ClFN2O3S. The van der Waals surface area contributed by atoms with Crippen molar-refractivity contribution < 1.29 is 17.6 Å². The summed E-state index contributed by atoms with van der Waals surface area (Å²) in [4.78, 5) is 9.78. The molecule has 0 radical (unpaired) electrons. The van der Waals surface area contributed by atoms with Crippen LogP contribution in [-0.2, 0) is 14.8 Å². The van der Waals surface area contributed by atoms with Crippen LogP contribution in [0.1, 0.15) is 0 Å². The molecule has 0 fully saturated rings. The quantitative estimate of drug-likeness (QED) is 0.818. The summed E-state index contributed by atoms with van der Waals surface area (Å²) in [6, 6.07) is 3.53. The predicted molar refractivity (Wildman–Crippen MR) is 55.8 cm³/mol. The van der Waals surface area contributed by atoms with Gasteiger partial charge in [0.15, 0.2) is 5.82 Å². The fourth-order valence-corrected chi connectivity index (χ4v) is 2.26. The van der Waals surface area contributed by atoms with Crippen molar-refractivity contribution in [1.82, 2.24) is 4.72 Å². The maximum absolute atomic E-state index is 13.4. The molecule has 0 saturated heterocycles. The summed E-state index contributed by atoms with van der Waals surface area (Å²) in [7, 11) is -4.12. The van der Waals surface area contributed by atoms with Crippen molar-refractivity contribution in [1.29, 1.82) is 0 Å². The maximum atomic E-state index is 13.4. The molecule has 0 saturated carbocycles. The number of hydrogen-bond acceptors (Lipinski definition) is 3. The molecular weight excluding hydrogens is 259 g/mol. The van der Waals surface area contributed by atoms with Crippen LogP contribution in [0.3, 0.4) is 0 Å². The predicted octanol–water partition coefficient (Wildman–Crippen LogP) is 0.243. The lowest BCUT2D eigenvalue weighted by Gasteiger charge is -2.06. The summed E-state index contributed by atoms with van der Waals surface area (Å²) in [6.07, 6.45) is 0. The van der Waals surface area contributed by atoms with Crippen molar-refractivity contribution in [3.05, 3.63) is 29.0 Å². The largest absolute Gasteiger partial charge is 0.369 e. The molecule has 1 aromatic carbocycles. The van der Waals surface area contributed by atoms with Crippen molar-refractivity contribution in [2.75, 3.05) is 6.54 Å². The van der Waals surface area contributed by atoms with Gasteiger partial charge in [-0.05, 0) is 12.1 Å². The fourth-order valence-electron chi connectivity index (χ4n) is 0.935. The van der Waals surface area contributed by atoms with E-state index in [0.717, 1.165) is 6.07 Å². The van der Waals surface area contributed by atoms with Crippen LogP contribution in [0.15, 0.2) is 23.1 Å². The molecule has 1 rings (SSSR count). The number of carbonyl (C=O) groups excluding carboxylic acids is 1. The molecule has 16 heavy (non-hydrogen) atoms. The van der Waals surface area contributed by atoms with Gasteiger partial charge in [0.2, 0.25) is 15.9 Å². The fraction of sp³-hybridized carbons (Fsp3) is 0.125. The van der Waals surface area contributed by atoms with Gasteiger partial charge in [0.1, 0.15) is 4.90 Å². The third-order valence-corrected chi connectivity index (χ3v) is 3.35. The Bertz CT molecular complexity index is 518. The number of rotatable bonds is 4. The average molecular weight is 267 g/mol. The second-order valence-electron chi connectivity index (χ2n) is 2.84. The number of hydrogen-bond donors (Lipinski definition) is 2. The smallest absolute Gasteiger partial charge is 0.244 e. The molecule has 0 atom stereocenters. The molecule has 0 unspecified atom stereocenters. The van der Waals surface area contributed by atoms with E-state index >= 15 is 0 Å². The summed E-state index contributed by atoms with van der Waals surface area (Å²) in [5.74, 6) is -1.94. The number of amides is 1. The standard InChI is InChI=1S/C8H8ClFN2O3S/c9-5-2-1-3-6(8(5)10)16(14,15)12-4-7(11)13/h1-3,12H,4H2,(H2,11,13). The summed E-state index contributed by atoms with van der Waals surface area (Å²) < 4.78 is 38.2. The maximum Gasteiger partial charge on any atom is 0.244 e. The van der Waals surface area contributed by atoms with E-state index in [1.807, 2.05) is 4.72 Å². The van der Waals surface area contributed by atoms with Gasteiger partial charge in [0.05, 0.1) is 11.6 Å². The molecule has 1 aromatic rings. The second kappa shape index (κ2) is 4.77. The minimum absolute atomic E-state index is 0.318. The first-order chi connectivity index (χ1) is 7.34. The van der Waals surface area contributed by atoms with Crippen molar-refractivity contribution in [3.63, 3.8) is 0 Å². The third kappa shape index (κ3) is 2.91. The lowest BCUT2D eigenvalue weighted by molar-refractivity contribution is -0.116. The van der Waals surface area contributed by atoms with Crippen molar-refractivity contribution >= 4 is 27.5 Å². The molecule has 0 spiro atoms. The van der Waals surface area contributed by atoms with Gasteiger partial charge in [-0.15, -0.1) is 0 Å². The highest BCUT2D eigenvalue weighted by Gasteiger charge is 2.20. The highest BCUT2D eigenvalue weighted by molar-refractivity contribution is 7.89. The highest BCUT2D eigenvalue weighted by atomic mass is 35.5. The van der Waals surface area contributed by atoms with Crippen LogP contribution in [-0.4, -0.2) is 20.9 Å². The van der Waals surface area contributed by atoms with E-state index in [9.17, 15) is 17.6 Å². The summed E-state index contributed by atoms with van der Waals surface area (Å²) in [5.41, 5.74) is 4.76. The van der Waals surface area contributed by atoms with Gasteiger partial charge in [-0.3, -0.25) is 4.79 Å². The Kier molecular flexibility index (Phi) is 3.84. The lowest BCUT2D eigenvalue weighted by Crippen LogP contribution is -2.33. The molecule has 0 aromatic heterocycles. The normalized spacial score (nSPS) is 11.4. The zero-order chi connectivity index (χ0) is 12.3. The molecule has 0 heterocycles. The molecule has 3 N–H and O–H groups in total. The second-order valence-corrected chi connectivity index (χ2v) is 4.99. The van der Waals surface area contributed by atoms with Crippen molar-refractivity contribution in [3.8, 4) is 0 Å². The summed E-state index contributed by atoms with van der Waals surface area (Å²) >= 11 is 5.42. The Morgan fingerprint density at radius 1 is 1.50 bits per heavy atom. The zero-order valence-electron chi connectivity index (χ0n) is 7.91. The highest BCUT2D eigenvalue weighted by Crippen LogP contribution is 2.21. The van der Waals surface area contributed by atoms with Gasteiger partial charge in [0, 0.05) is 0 Å². The topological polar surface area (TPSA) is 89.3 Å². The Balaban J connectivity index is 3.08. The Morgan fingerprint density at radius 2 is 2.12 bits per heavy atom. The van der Waals surface area contributed by atoms with Crippen LogP contribution in [0, 0.1) is 5.82 Å². The molecule has 0 aliphatic rings. The van der Waals surface area contributed by atoms with E-state index in [-0.39, 0.29) is 5.02 Å². The number of halogens is 2. The van der Waals surface area contributed by atoms with E-state index < -0.39 is 33.2 Å². The number of nitrogens with one attached hydrogen (secondary N) is 1. The molecule has 1 amide bonds. The Labute approximate surface area is 96.4 Å². The van der Waals surface area contributed by atoms with E-state index in [4.69, 9.17) is 17.3 Å². The number of benzene rings is 1. The van der Waals surface area contributed by atoms with Crippen LogP contribution in [0.5, 0.6) is 0 Å². The number of sulfonamides is 1. The van der Waals surface area contributed by atoms with Crippen LogP contribution in [0.25, 0.3) is 0 Å². The van der Waals surface area contributed by atoms with Crippen molar-refractivity contribution in [2.45, 2.75) is 4.90 Å². The first-order valence-corrected chi connectivity index (χ1v) is 5.92. The number of nitrogens with two attached hydrogens (primary N) is 1. The Hall–Kier alpha value is -1.18. The SMILES string of the molecule is NC(=O)CNS(=O)(=O)c1cccc(Cl)c1F. The van der Waals surface area contributed by atoms with Crippen LogP contribution >= 0.6 is 11.6 Å². The van der Waals surface area contributed by atoms with Gasteiger partial charge in [0.25, 0.3) is 0 Å². The van der Waals surface area contributed by atoms with Crippen molar-refractivity contribution in [2.24, 2.45) is 5.73 Å². The molecule has 5 nitrogen and oxygen atoms in total. The van der Waals surface area contributed by atoms with Gasteiger partial charge < -0.3 is 5.73 Å². The van der Waals surface area contributed by atoms with E-state index in [2.05, 4.69) is 0 Å². The zero-order valence-corrected chi connectivity index (χ0v) is 9.48. The first kappa shape index (κ1) is 12.9. The monoisotopic (exact) mass is 266 g/mol. The van der Waals surface area contributed by atoms with E-state index in [1.54, 1.807) is 0 Å². The van der Waals surface area contributed by atoms with Gasteiger partial charge in [-0.2, -0.15) is 0 Å². The summed E-state index contributed by atoms with van der Waals surface area (Å²) in [6.45, 7) is -0.603. The minimum atomic E-state index is -4.12. The number of primary amides is 1. The van der Waals surface area contributed by atoms with Gasteiger partial charge in [-0.1, -0.05) is 17.7 Å². The third-order valence-electron chi connectivity index (χ3n) is 1.64. The van der Waals surface area contributed by atoms with Crippen LogP contribution in [0.4, 0.5) is 4.39 Å². The van der Waals surface area contributed by atoms with Crippen LogP contribution in [0.2, 0.25) is 5.02 Å². The molecule has 88 valence electrons. The van der Waals surface area contributed by atoms with E-state index in [1.165, 1.54) is 12.1 Å².